The first-order chi connectivity index (χ1) is 14.2. The van der Waals surface area contributed by atoms with Crippen molar-refractivity contribution >= 4 is 21.3 Å². The third-order valence-corrected chi connectivity index (χ3v) is 6.75. The van der Waals surface area contributed by atoms with Crippen molar-refractivity contribution in [1.82, 2.24) is 0 Å². The Bertz CT molecular complexity index is 1020. The third-order valence-electron chi connectivity index (χ3n) is 4.40. The van der Waals surface area contributed by atoms with Gasteiger partial charge in [-0.15, -0.1) is 0 Å². The lowest BCUT2D eigenvalue weighted by atomic mass is 10.1. The van der Waals surface area contributed by atoms with Crippen molar-refractivity contribution in [2.75, 3.05) is 6.26 Å². The molecule has 3 aromatic rings. The Morgan fingerprint density at radius 3 is 2.10 bits per heavy atom. The van der Waals surface area contributed by atoms with Crippen LogP contribution in [-0.4, -0.2) is 24.3 Å². The molecular formula is C23H26O5S2. The minimum atomic E-state index is -4.62. The van der Waals surface area contributed by atoms with E-state index in [2.05, 4.69) is 41.6 Å². The molecule has 0 aliphatic heterocycles. The highest BCUT2D eigenvalue weighted by molar-refractivity contribution is 7.95. The zero-order valence-electron chi connectivity index (χ0n) is 17.2. The van der Waals surface area contributed by atoms with Crippen molar-refractivity contribution in [2.24, 2.45) is 0 Å². The highest BCUT2D eigenvalue weighted by atomic mass is 32.3. The molecule has 0 saturated heterocycles. The summed E-state index contributed by atoms with van der Waals surface area (Å²) in [7, 11) is -4.44. The Morgan fingerprint density at radius 2 is 1.53 bits per heavy atom. The topological polar surface area (TPSA) is 86.7 Å². The van der Waals surface area contributed by atoms with Gasteiger partial charge in [0, 0.05) is 16.5 Å². The summed E-state index contributed by atoms with van der Waals surface area (Å²) < 4.78 is 35.0. The lowest BCUT2D eigenvalue weighted by Gasteiger charge is -2.14. The Balaban J connectivity index is 0.000000222. The van der Waals surface area contributed by atoms with E-state index in [0.29, 0.717) is 11.3 Å². The molecular weight excluding hydrogens is 420 g/mol. The molecule has 0 fully saturated rings. The highest BCUT2D eigenvalue weighted by Crippen LogP contribution is 2.21. The van der Waals surface area contributed by atoms with Crippen LogP contribution < -0.4 is 0 Å². The fraction of sp³-hybridized carbons (Fsp3) is 0.217. The van der Waals surface area contributed by atoms with Crippen LogP contribution >= 0.6 is 0 Å². The molecule has 0 saturated carbocycles. The number of phenolic OH excluding ortho intramolecular Hbond substituents is 1. The van der Waals surface area contributed by atoms with Gasteiger partial charge in [-0.25, -0.2) is 8.42 Å². The van der Waals surface area contributed by atoms with Crippen molar-refractivity contribution in [3.63, 3.8) is 0 Å². The van der Waals surface area contributed by atoms with E-state index in [1.54, 1.807) is 42.5 Å². The normalized spacial score (nSPS) is 13.1. The molecule has 1 N–H and O–H groups in total. The van der Waals surface area contributed by atoms with E-state index in [1.807, 2.05) is 12.1 Å². The summed E-state index contributed by atoms with van der Waals surface area (Å²) in [6.07, 6.45) is 1.52. The quantitative estimate of drug-likeness (QED) is 0.336. The number of phenols is 1. The van der Waals surface area contributed by atoms with E-state index in [4.69, 9.17) is 0 Å². The molecule has 0 spiro atoms. The summed E-state index contributed by atoms with van der Waals surface area (Å²) in [5, 5.41) is 9.28. The second-order valence-corrected chi connectivity index (χ2v) is 9.80. The molecule has 0 amide bonds. The Kier molecular flexibility index (Phi) is 8.92. The standard InChI is InChI=1S/C15H16OS.C8H10O4S/c1-12-5-3-4-6-13(12)11-17(2)15-9-7-14(16)8-10-15;1-7(12-13(9,10)11)8-5-3-2-4-6-8/h3-10H,11H2,1-2H3;2-7H,1H3,(H,9,10,11). The van der Waals surface area contributed by atoms with E-state index < -0.39 is 16.5 Å². The van der Waals surface area contributed by atoms with Crippen LogP contribution in [0.15, 0.2) is 83.8 Å². The van der Waals surface area contributed by atoms with Gasteiger partial charge in [0.2, 0.25) is 10.4 Å². The van der Waals surface area contributed by atoms with Gasteiger partial charge in [0.25, 0.3) is 0 Å². The van der Waals surface area contributed by atoms with Gasteiger partial charge in [-0.3, -0.25) is 4.18 Å². The summed E-state index contributed by atoms with van der Waals surface area (Å²) in [4.78, 5) is 1.30. The zero-order chi connectivity index (χ0) is 22.1. The van der Waals surface area contributed by atoms with Crippen LogP contribution in [0.4, 0.5) is 0 Å². The smallest absolute Gasteiger partial charge is 0.218 e. The van der Waals surface area contributed by atoms with Gasteiger partial charge in [-0.05, 0) is 49.2 Å². The third kappa shape index (κ3) is 8.20. The van der Waals surface area contributed by atoms with Crippen LogP contribution in [0.2, 0.25) is 0 Å². The van der Waals surface area contributed by atoms with Crippen LogP contribution in [0, 0.1) is 6.92 Å². The van der Waals surface area contributed by atoms with Crippen LogP contribution in [0.25, 0.3) is 0 Å². The van der Waals surface area contributed by atoms with Gasteiger partial charge >= 0.3 is 0 Å². The van der Waals surface area contributed by atoms with Crippen LogP contribution in [0.3, 0.4) is 0 Å². The monoisotopic (exact) mass is 446 g/mol. The SMILES string of the molecule is CC(OS(=O)(=O)[O-])c1ccccc1.Cc1ccccc1C[S+](C)c1ccc(O)cc1. The van der Waals surface area contributed by atoms with Gasteiger partial charge in [0.05, 0.1) is 6.10 Å². The molecule has 3 rings (SSSR count). The minimum Gasteiger partial charge on any atom is -0.726 e. The number of aromatic hydroxyl groups is 1. The molecule has 0 aliphatic carbocycles. The maximum Gasteiger partial charge on any atom is 0.218 e. The lowest BCUT2D eigenvalue weighted by Crippen LogP contribution is -2.08. The maximum atomic E-state index is 10.2. The highest BCUT2D eigenvalue weighted by Gasteiger charge is 2.16. The second kappa shape index (κ2) is 11.2. The Hall–Kier alpha value is -2.32. The van der Waals surface area contributed by atoms with E-state index in [1.165, 1.54) is 22.9 Å². The molecule has 0 aromatic heterocycles. The summed E-state index contributed by atoms with van der Waals surface area (Å²) in [6.45, 7) is 3.66. The van der Waals surface area contributed by atoms with Crippen molar-refractivity contribution < 1.29 is 22.3 Å². The number of rotatable bonds is 6. The molecule has 30 heavy (non-hydrogen) atoms. The van der Waals surface area contributed by atoms with Gasteiger partial charge in [-0.1, -0.05) is 54.6 Å². The molecule has 160 valence electrons. The van der Waals surface area contributed by atoms with Crippen LogP contribution in [-0.2, 0) is 31.2 Å². The van der Waals surface area contributed by atoms with Crippen molar-refractivity contribution in [3.05, 3.63) is 95.6 Å². The molecule has 2 unspecified atom stereocenters. The number of hydrogen-bond donors (Lipinski definition) is 1. The Labute approximate surface area is 181 Å². The number of benzene rings is 3. The predicted octanol–water partition coefficient (Wildman–Crippen LogP) is 4.73. The summed E-state index contributed by atoms with van der Waals surface area (Å²) in [5.74, 6) is 1.40. The first-order valence-electron chi connectivity index (χ1n) is 9.31. The molecule has 2 atom stereocenters. The summed E-state index contributed by atoms with van der Waals surface area (Å²) in [6, 6.07) is 24.7. The van der Waals surface area contributed by atoms with E-state index in [9.17, 15) is 18.1 Å². The second-order valence-electron chi connectivity index (χ2n) is 6.76. The minimum absolute atomic E-state index is 0.186. The van der Waals surface area contributed by atoms with Gasteiger partial charge in [-0.2, -0.15) is 0 Å². The van der Waals surface area contributed by atoms with E-state index in [0.717, 1.165) is 5.75 Å². The summed E-state index contributed by atoms with van der Waals surface area (Å²) >= 11 is 0. The van der Waals surface area contributed by atoms with Crippen LogP contribution in [0.5, 0.6) is 5.75 Å². The van der Waals surface area contributed by atoms with Gasteiger partial charge in [0.1, 0.15) is 17.8 Å². The van der Waals surface area contributed by atoms with Crippen LogP contribution in [0.1, 0.15) is 29.7 Å². The fourth-order valence-electron chi connectivity index (χ4n) is 2.72. The fourth-order valence-corrected chi connectivity index (χ4v) is 4.75. The first kappa shape index (κ1) is 24.0. The molecule has 0 heterocycles. The van der Waals surface area contributed by atoms with E-state index in [-0.39, 0.29) is 10.9 Å². The van der Waals surface area contributed by atoms with Crippen molar-refractivity contribution in [3.8, 4) is 5.75 Å². The van der Waals surface area contributed by atoms with Crippen molar-refractivity contribution in [1.29, 1.82) is 0 Å². The predicted molar refractivity (Wildman–Crippen MR) is 120 cm³/mol. The number of hydrogen-bond acceptors (Lipinski definition) is 5. The van der Waals surface area contributed by atoms with E-state index >= 15 is 0 Å². The molecule has 5 nitrogen and oxygen atoms in total. The maximum absolute atomic E-state index is 10.2. The Morgan fingerprint density at radius 1 is 0.967 bits per heavy atom. The number of aryl methyl sites for hydroxylation is 1. The lowest BCUT2D eigenvalue weighted by molar-refractivity contribution is 0.196. The van der Waals surface area contributed by atoms with Gasteiger partial charge < -0.3 is 9.66 Å². The summed E-state index contributed by atoms with van der Waals surface area (Å²) in [5.41, 5.74) is 3.42. The molecule has 0 radical (unpaired) electrons. The first-order valence-corrected chi connectivity index (χ1v) is 12.4. The molecule has 3 aromatic carbocycles. The largest absolute Gasteiger partial charge is 0.726 e. The van der Waals surface area contributed by atoms with Gasteiger partial charge in [0.15, 0.2) is 4.90 Å². The molecule has 0 bridgehead atoms. The average molecular weight is 447 g/mol. The van der Waals surface area contributed by atoms with Crippen molar-refractivity contribution in [2.45, 2.75) is 30.6 Å². The zero-order valence-corrected chi connectivity index (χ0v) is 18.8. The molecule has 0 aliphatic rings. The molecule has 7 heteroatoms. The average Bonchev–Trinajstić information content (AvgIpc) is 2.70.